The van der Waals surface area contributed by atoms with Crippen LogP contribution in [0.3, 0.4) is 0 Å². The first kappa shape index (κ1) is 23.6. The third-order valence-corrected chi connectivity index (χ3v) is 5.74. The van der Waals surface area contributed by atoms with Gasteiger partial charge in [0.1, 0.15) is 5.03 Å². The van der Waals surface area contributed by atoms with Crippen molar-refractivity contribution in [3.63, 3.8) is 0 Å². The van der Waals surface area contributed by atoms with Crippen LogP contribution in [0.5, 0.6) is 11.5 Å². The van der Waals surface area contributed by atoms with Gasteiger partial charge in [-0.3, -0.25) is 4.79 Å². The van der Waals surface area contributed by atoms with Crippen molar-refractivity contribution in [3.05, 3.63) is 53.9 Å². The Kier molecular flexibility index (Phi) is 7.44. The van der Waals surface area contributed by atoms with Gasteiger partial charge >= 0.3 is 6.18 Å². The summed E-state index contributed by atoms with van der Waals surface area (Å²) in [6.07, 6.45) is -4.08. The number of carbonyl (C=O) groups is 1. The van der Waals surface area contributed by atoms with Crippen LogP contribution in [-0.4, -0.2) is 54.3 Å². The standard InChI is InChI=1S/C22H22F3N3O3S/c1-28(11-10-14-8-9-17(30-2)18(12-14)31-3)19(29)13-32-20-15-6-4-5-7-16(15)26-21(27-20)22(23,24)25/h4-9,12H,10-11,13H2,1-3H3. The maximum absolute atomic E-state index is 13.2. The van der Waals surface area contributed by atoms with E-state index in [0.29, 0.717) is 29.9 Å². The smallest absolute Gasteiger partial charge is 0.451 e. The van der Waals surface area contributed by atoms with Crippen LogP contribution in [-0.2, 0) is 17.4 Å². The second-order valence-corrected chi connectivity index (χ2v) is 7.87. The molecule has 1 heterocycles. The fourth-order valence-electron chi connectivity index (χ4n) is 2.98. The molecule has 10 heteroatoms. The number of thioether (sulfide) groups is 1. The molecule has 170 valence electrons. The number of aromatic nitrogens is 2. The second kappa shape index (κ2) is 10.1. The topological polar surface area (TPSA) is 64.5 Å². The molecule has 32 heavy (non-hydrogen) atoms. The average Bonchev–Trinajstić information content (AvgIpc) is 2.79. The number of carbonyl (C=O) groups excluding carboxylic acids is 1. The van der Waals surface area contributed by atoms with Crippen molar-refractivity contribution in [2.75, 3.05) is 33.6 Å². The molecule has 0 spiro atoms. The summed E-state index contributed by atoms with van der Waals surface area (Å²) >= 11 is 0.970. The van der Waals surface area contributed by atoms with Gasteiger partial charge in [-0.05, 0) is 30.2 Å². The Morgan fingerprint density at radius 1 is 1.06 bits per heavy atom. The molecule has 1 aromatic heterocycles. The first-order chi connectivity index (χ1) is 15.2. The van der Waals surface area contributed by atoms with Gasteiger partial charge in [0.05, 0.1) is 25.5 Å². The third kappa shape index (κ3) is 5.61. The molecule has 0 atom stereocenters. The Bertz CT molecular complexity index is 1110. The van der Waals surface area contributed by atoms with Crippen LogP contribution < -0.4 is 9.47 Å². The Hall–Kier alpha value is -3.01. The number of benzene rings is 2. The summed E-state index contributed by atoms with van der Waals surface area (Å²) in [6, 6.07) is 12.0. The summed E-state index contributed by atoms with van der Waals surface area (Å²) in [5.74, 6) is -0.251. The largest absolute Gasteiger partial charge is 0.493 e. The number of rotatable bonds is 8. The minimum atomic E-state index is -4.67. The highest BCUT2D eigenvalue weighted by Crippen LogP contribution is 2.32. The summed E-state index contributed by atoms with van der Waals surface area (Å²) in [5, 5.41) is 0.607. The van der Waals surface area contributed by atoms with Crippen molar-refractivity contribution in [1.29, 1.82) is 0 Å². The molecule has 6 nitrogen and oxygen atoms in total. The number of fused-ring (bicyclic) bond motifs is 1. The van der Waals surface area contributed by atoms with E-state index >= 15 is 0 Å². The predicted molar refractivity (Wildman–Crippen MR) is 116 cm³/mol. The molecule has 1 amide bonds. The lowest BCUT2D eigenvalue weighted by Crippen LogP contribution is -2.30. The fraction of sp³-hybridized carbons (Fsp3) is 0.318. The zero-order chi connectivity index (χ0) is 23.3. The summed E-state index contributed by atoms with van der Waals surface area (Å²) in [5.41, 5.74) is 1.15. The van der Waals surface area contributed by atoms with Crippen molar-refractivity contribution in [2.45, 2.75) is 17.6 Å². The van der Waals surface area contributed by atoms with Gasteiger partial charge in [-0.1, -0.05) is 36.0 Å². The van der Waals surface area contributed by atoms with Gasteiger partial charge in [0, 0.05) is 19.0 Å². The van der Waals surface area contributed by atoms with E-state index < -0.39 is 12.0 Å². The lowest BCUT2D eigenvalue weighted by molar-refractivity contribution is -0.145. The summed E-state index contributed by atoms with van der Waals surface area (Å²) in [6.45, 7) is 0.438. The minimum Gasteiger partial charge on any atom is -0.493 e. The number of likely N-dealkylation sites (N-methyl/N-ethyl adjacent to an activating group) is 1. The number of ether oxygens (including phenoxy) is 2. The van der Waals surface area contributed by atoms with Gasteiger partial charge in [0.25, 0.3) is 0 Å². The highest BCUT2D eigenvalue weighted by Gasteiger charge is 2.35. The first-order valence-electron chi connectivity index (χ1n) is 9.64. The Labute approximate surface area is 187 Å². The molecule has 3 rings (SSSR count). The lowest BCUT2D eigenvalue weighted by Gasteiger charge is -2.18. The van der Waals surface area contributed by atoms with E-state index in [1.807, 2.05) is 12.1 Å². The maximum Gasteiger partial charge on any atom is 0.451 e. The highest BCUT2D eigenvalue weighted by molar-refractivity contribution is 8.00. The van der Waals surface area contributed by atoms with E-state index in [2.05, 4.69) is 9.97 Å². The van der Waals surface area contributed by atoms with E-state index in [1.54, 1.807) is 45.5 Å². The van der Waals surface area contributed by atoms with Crippen molar-refractivity contribution >= 4 is 28.6 Å². The van der Waals surface area contributed by atoms with Crippen molar-refractivity contribution in [2.24, 2.45) is 0 Å². The van der Waals surface area contributed by atoms with Gasteiger partial charge in [0.2, 0.25) is 11.7 Å². The molecule has 0 N–H and O–H groups in total. The molecular formula is C22H22F3N3O3S. The predicted octanol–water partition coefficient (Wildman–Crippen LogP) is 4.46. The number of nitrogens with zero attached hydrogens (tertiary/aromatic N) is 3. The minimum absolute atomic E-state index is 0.0409. The van der Waals surface area contributed by atoms with Crippen molar-refractivity contribution in [1.82, 2.24) is 14.9 Å². The van der Waals surface area contributed by atoms with Gasteiger partial charge in [-0.25, -0.2) is 9.97 Å². The molecule has 0 unspecified atom stereocenters. The molecule has 0 fully saturated rings. The molecule has 0 aliphatic heterocycles. The SMILES string of the molecule is COc1ccc(CCN(C)C(=O)CSc2nc(C(F)(F)F)nc3ccccc23)cc1OC. The average molecular weight is 465 g/mol. The third-order valence-electron chi connectivity index (χ3n) is 4.76. The van der Waals surface area contributed by atoms with E-state index in [-0.39, 0.29) is 22.2 Å². The second-order valence-electron chi connectivity index (χ2n) is 6.91. The van der Waals surface area contributed by atoms with Crippen LogP contribution in [0.4, 0.5) is 13.2 Å². The molecule has 0 bridgehead atoms. The van der Waals surface area contributed by atoms with Crippen LogP contribution in [0.25, 0.3) is 10.9 Å². The van der Waals surface area contributed by atoms with Gasteiger partial charge < -0.3 is 14.4 Å². The number of hydrogen-bond donors (Lipinski definition) is 0. The Morgan fingerprint density at radius 2 is 1.78 bits per heavy atom. The maximum atomic E-state index is 13.2. The summed E-state index contributed by atoms with van der Waals surface area (Å²) in [4.78, 5) is 21.4. The fourth-order valence-corrected chi connectivity index (χ4v) is 3.94. The zero-order valence-electron chi connectivity index (χ0n) is 17.8. The monoisotopic (exact) mass is 465 g/mol. The summed E-state index contributed by atoms with van der Waals surface area (Å²) in [7, 11) is 4.76. The molecule has 0 aliphatic carbocycles. The van der Waals surface area contributed by atoms with Crippen LogP contribution >= 0.6 is 11.8 Å². The molecule has 3 aromatic rings. The van der Waals surface area contributed by atoms with E-state index in [4.69, 9.17) is 9.47 Å². The van der Waals surface area contributed by atoms with Crippen LogP contribution in [0.15, 0.2) is 47.5 Å². The quantitative estimate of drug-likeness (QED) is 0.362. The van der Waals surface area contributed by atoms with E-state index in [0.717, 1.165) is 17.3 Å². The molecule has 0 aliphatic rings. The molecular weight excluding hydrogens is 443 g/mol. The van der Waals surface area contributed by atoms with Crippen LogP contribution in [0.1, 0.15) is 11.4 Å². The Balaban J connectivity index is 1.66. The first-order valence-corrected chi connectivity index (χ1v) is 10.6. The van der Waals surface area contributed by atoms with Crippen LogP contribution in [0.2, 0.25) is 0 Å². The molecule has 0 saturated carbocycles. The highest BCUT2D eigenvalue weighted by atomic mass is 32.2. The van der Waals surface area contributed by atoms with Crippen molar-refractivity contribution in [3.8, 4) is 11.5 Å². The van der Waals surface area contributed by atoms with E-state index in [1.165, 1.54) is 11.0 Å². The number of halogens is 3. The lowest BCUT2D eigenvalue weighted by atomic mass is 10.1. The van der Waals surface area contributed by atoms with E-state index in [9.17, 15) is 18.0 Å². The number of alkyl halides is 3. The number of para-hydroxylation sites is 1. The number of amides is 1. The van der Waals surface area contributed by atoms with Gasteiger partial charge in [0.15, 0.2) is 11.5 Å². The molecule has 2 aromatic carbocycles. The van der Waals surface area contributed by atoms with Crippen LogP contribution in [0, 0.1) is 0 Å². The van der Waals surface area contributed by atoms with Crippen molar-refractivity contribution < 1.29 is 27.4 Å². The number of methoxy groups -OCH3 is 2. The zero-order valence-corrected chi connectivity index (χ0v) is 18.6. The summed E-state index contributed by atoms with van der Waals surface area (Å²) < 4.78 is 50.0. The number of hydrogen-bond acceptors (Lipinski definition) is 6. The normalized spacial score (nSPS) is 11.4. The molecule has 0 radical (unpaired) electrons. The molecule has 0 saturated heterocycles. The van der Waals surface area contributed by atoms with Gasteiger partial charge in [-0.2, -0.15) is 13.2 Å². The Morgan fingerprint density at radius 3 is 2.47 bits per heavy atom. The van der Waals surface area contributed by atoms with Gasteiger partial charge in [-0.15, -0.1) is 0 Å².